The van der Waals surface area contributed by atoms with Crippen LogP contribution in [0.1, 0.15) is 12.0 Å². The van der Waals surface area contributed by atoms with Crippen LogP contribution in [-0.4, -0.2) is 30.5 Å². The molecule has 1 fully saturated rings. The number of amides is 1. The van der Waals surface area contributed by atoms with E-state index in [9.17, 15) is 18.0 Å². The predicted molar refractivity (Wildman–Crippen MR) is 65.8 cm³/mol. The van der Waals surface area contributed by atoms with Gasteiger partial charge in [-0.25, -0.2) is 0 Å². The summed E-state index contributed by atoms with van der Waals surface area (Å²) in [4.78, 5) is 13.2. The SMILES string of the molecule is O=C(COc1ccc(C(F)(F)F)cc1Br)N1CCC1. The minimum Gasteiger partial charge on any atom is -0.483 e. The summed E-state index contributed by atoms with van der Waals surface area (Å²) < 4.78 is 42.7. The second-order valence-electron chi connectivity index (χ2n) is 4.17. The largest absolute Gasteiger partial charge is 0.483 e. The van der Waals surface area contributed by atoms with Crippen LogP contribution in [0.4, 0.5) is 13.2 Å². The first-order chi connectivity index (χ1) is 8.88. The number of hydrogen-bond donors (Lipinski definition) is 0. The highest BCUT2D eigenvalue weighted by Gasteiger charge is 2.31. The third-order valence-electron chi connectivity index (χ3n) is 2.82. The zero-order valence-electron chi connectivity index (χ0n) is 9.84. The average Bonchev–Trinajstić information content (AvgIpc) is 2.23. The molecule has 0 spiro atoms. The zero-order valence-corrected chi connectivity index (χ0v) is 11.4. The standard InChI is InChI=1S/C12H11BrF3NO2/c13-9-6-8(12(14,15)16)2-3-10(9)19-7-11(18)17-4-1-5-17/h2-3,6H,1,4-5,7H2. The fourth-order valence-corrected chi connectivity index (χ4v) is 2.08. The molecule has 0 radical (unpaired) electrons. The maximum atomic E-state index is 12.5. The summed E-state index contributed by atoms with van der Waals surface area (Å²) in [5.74, 6) is 0.0694. The fourth-order valence-electron chi connectivity index (χ4n) is 1.59. The highest BCUT2D eigenvalue weighted by Crippen LogP contribution is 2.34. The summed E-state index contributed by atoms with van der Waals surface area (Å²) in [5.41, 5.74) is -0.763. The van der Waals surface area contributed by atoms with Gasteiger partial charge in [0, 0.05) is 13.1 Å². The van der Waals surface area contributed by atoms with E-state index in [-0.39, 0.29) is 22.7 Å². The van der Waals surface area contributed by atoms with Crippen LogP contribution in [0.5, 0.6) is 5.75 Å². The number of hydrogen-bond acceptors (Lipinski definition) is 2. The monoisotopic (exact) mass is 337 g/mol. The van der Waals surface area contributed by atoms with Crippen LogP contribution in [0.3, 0.4) is 0 Å². The Morgan fingerprint density at radius 3 is 2.53 bits per heavy atom. The van der Waals surface area contributed by atoms with Gasteiger partial charge in [-0.15, -0.1) is 0 Å². The first kappa shape index (κ1) is 14.2. The molecule has 1 amide bonds. The first-order valence-corrected chi connectivity index (χ1v) is 6.44. The molecule has 0 atom stereocenters. The number of carbonyl (C=O) groups is 1. The average molecular weight is 338 g/mol. The Hall–Kier alpha value is -1.24. The van der Waals surface area contributed by atoms with E-state index in [1.54, 1.807) is 4.90 Å². The summed E-state index contributed by atoms with van der Waals surface area (Å²) in [6.07, 6.45) is -3.41. The fraction of sp³-hybridized carbons (Fsp3) is 0.417. The number of rotatable bonds is 3. The van der Waals surface area contributed by atoms with E-state index in [1.807, 2.05) is 0 Å². The molecule has 3 nitrogen and oxygen atoms in total. The number of benzene rings is 1. The first-order valence-electron chi connectivity index (χ1n) is 5.65. The second-order valence-corrected chi connectivity index (χ2v) is 5.02. The molecule has 0 aliphatic carbocycles. The molecule has 1 aliphatic rings. The Labute approximate surface area is 116 Å². The predicted octanol–water partition coefficient (Wildman–Crippen LogP) is 3.08. The maximum Gasteiger partial charge on any atom is 0.416 e. The minimum atomic E-state index is -4.39. The Morgan fingerprint density at radius 2 is 2.05 bits per heavy atom. The molecule has 0 N–H and O–H groups in total. The number of likely N-dealkylation sites (tertiary alicyclic amines) is 1. The van der Waals surface area contributed by atoms with Crippen molar-refractivity contribution in [3.8, 4) is 5.75 Å². The smallest absolute Gasteiger partial charge is 0.416 e. The lowest BCUT2D eigenvalue weighted by molar-refractivity contribution is -0.138. The molecule has 7 heteroatoms. The quantitative estimate of drug-likeness (QED) is 0.848. The number of ether oxygens (including phenoxy) is 1. The molecule has 1 saturated heterocycles. The van der Waals surface area contributed by atoms with Gasteiger partial charge in [0.05, 0.1) is 10.0 Å². The summed E-state index contributed by atoms with van der Waals surface area (Å²) in [5, 5.41) is 0. The lowest BCUT2D eigenvalue weighted by Crippen LogP contribution is -2.44. The summed E-state index contributed by atoms with van der Waals surface area (Å²) in [7, 11) is 0. The van der Waals surface area contributed by atoms with E-state index in [0.717, 1.165) is 31.6 Å². The van der Waals surface area contributed by atoms with Gasteiger partial charge in [-0.1, -0.05) is 0 Å². The van der Waals surface area contributed by atoms with E-state index >= 15 is 0 Å². The van der Waals surface area contributed by atoms with E-state index < -0.39 is 11.7 Å². The van der Waals surface area contributed by atoms with Crippen LogP contribution >= 0.6 is 15.9 Å². The maximum absolute atomic E-state index is 12.5. The number of halogens is 4. The van der Waals surface area contributed by atoms with Crippen molar-refractivity contribution in [2.75, 3.05) is 19.7 Å². The highest BCUT2D eigenvalue weighted by atomic mass is 79.9. The summed E-state index contributed by atoms with van der Waals surface area (Å²) in [6.45, 7) is 1.27. The molecule has 1 aromatic rings. The third-order valence-corrected chi connectivity index (χ3v) is 3.44. The van der Waals surface area contributed by atoms with Gasteiger partial charge in [-0.05, 0) is 40.5 Å². The molecular weight excluding hydrogens is 327 g/mol. The topological polar surface area (TPSA) is 29.5 Å². The zero-order chi connectivity index (χ0) is 14.0. The van der Waals surface area contributed by atoms with Crippen LogP contribution in [0, 0.1) is 0 Å². The van der Waals surface area contributed by atoms with Gasteiger partial charge in [-0.2, -0.15) is 13.2 Å². The van der Waals surface area contributed by atoms with Gasteiger partial charge in [0.25, 0.3) is 5.91 Å². The molecular formula is C12H11BrF3NO2. The van der Waals surface area contributed by atoms with Crippen molar-refractivity contribution in [2.45, 2.75) is 12.6 Å². The van der Waals surface area contributed by atoms with Crippen molar-refractivity contribution in [3.05, 3.63) is 28.2 Å². The number of alkyl halides is 3. The van der Waals surface area contributed by atoms with Crippen molar-refractivity contribution in [1.29, 1.82) is 0 Å². The summed E-state index contributed by atoms with van der Waals surface area (Å²) in [6, 6.07) is 3.06. The van der Waals surface area contributed by atoms with Crippen molar-refractivity contribution in [2.24, 2.45) is 0 Å². The Morgan fingerprint density at radius 1 is 1.37 bits per heavy atom. The molecule has 0 aromatic heterocycles. The lowest BCUT2D eigenvalue weighted by Gasteiger charge is -2.30. The highest BCUT2D eigenvalue weighted by molar-refractivity contribution is 9.10. The Kier molecular flexibility index (Phi) is 4.03. The van der Waals surface area contributed by atoms with E-state index in [0.29, 0.717) is 0 Å². The summed E-state index contributed by atoms with van der Waals surface area (Å²) >= 11 is 3.01. The normalized spacial score (nSPS) is 15.1. The molecule has 0 saturated carbocycles. The Balaban J connectivity index is 1.99. The molecule has 104 valence electrons. The van der Waals surface area contributed by atoms with Gasteiger partial charge < -0.3 is 9.64 Å². The minimum absolute atomic E-state index is 0.155. The van der Waals surface area contributed by atoms with Crippen molar-refractivity contribution >= 4 is 21.8 Å². The molecule has 1 heterocycles. The van der Waals surface area contributed by atoms with Gasteiger partial charge in [0.1, 0.15) is 5.75 Å². The van der Waals surface area contributed by atoms with Crippen LogP contribution in [-0.2, 0) is 11.0 Å². The molecule has 2 rings (SSSR count). The van der Waals surface area contributed by atoms with Crippen molar-refractivity contribution in [3.63, 3.8) is 0 Å². The Bertz CT molecular complexity index is 486. The van der Waals surface area contributed by atoms with E-state index in [2.05, 4.69) is 15.9 Å². The molecule has 1 aromatic carbocycles. The second kappa shape index (κ2) is 5.40. The van der Waals surface area contributed by atoms with E-state index in [1.165, 1.54) is 6.07 Å². The molecule has 1 aliphatic heterocycles. The van der Waals surface area contributed by atoms with Gasteiger partial charge in [0.15, 0.2) is 6.61 Å². The lowest BCUT2D eigenvalue weighted by atomic mass is 10.2. The van der Waals surface area contributed by atoms with Crippen molar-refractivity contribution < 1.29 is 22.7 Å². The van der Waals surface area contributed by atoms with Gasteiger partial charge >= 0.3 is 6.18 Å². The van der Waals surface area contributed by atoms with Crippen LogP contribution in [0.25, 0.3) is 0 Å². The van der Waals surface area contributed by atoms with Crippen LogP contribution in [0.15, 0.2) is 22.7 Å². The van der Waals surface area contributed by atoms with E-state index in [4.69, 9.17) is 4.74 Å². The molecule has 0 unspecified atom stereocenters. The molecule has 0 bridgehead atoms. The van der Waals surface area contributed by atoms with Gasteiger partial charge in [0.2, 0.25) is 0 Å². The third kappa shape index (κ3) is 3.40. The number of carbonyl (C=O) groups excluding carboxylic acids is 1. The number of nitrogens with zero attached hydrogens (tertiary/aromatic N) is 1. The van der Waals surface area contributed by atoms with Crippen molar-refractivity contribution in [1.82, 2.24) is 4.90 Å². The van der Waals surface area contributed by atoms with Gasteiger partial charge in [-0.3, -0.25) is 4.79 Å². The molecule has 19 heavy (non-hydrogen) atoms. The van der Waals surface area contributed by atoms with Crippen LogP contribution < -0.4 is 4.74 Å². The van der Waals surface area contributed by atoms with Crippen LogP contribution in [0.2, 0.25) is 0 Å².